The lowest BCUT2D eigenvalue weighted by Gasteiger charge is -2.30. The summed E-state index contributed by atoms with van der Waals surface area (Å²) in [5, 5.41) is 0. The van der Waals surface area contributed by atoms with Gasteiger partial charge in [0.2, 0.25) is 5.91 Å². The van der Waals surface area contributed by atoms with Gasteiger partial charge in [0.25, 0.3) is 0 Å². The number of likely N-dealkylation sites (N-methyl/N-ethyl adjacent to an activating group) is 1. The van der Waals surface area contributed by atoms with Crippen LogP contribution in [-0.2, 0) is 4.79 Å². The second-order valence-corrected chi connectivity index (χ2v) is 6.88. The number of benzene rings is 1. The Morgan fingerprint density at radius 1 is 1.42 bits per heavy atom. The highest BCUT2D eigenvalue weighted by Crippen LogP contribution is 2.28. The normalized spacial score (nSPS) is 22.0. The number of hydrogen-bond donors (Lipinski definition) is 1. The summed E-state index contributed by atoms with van der Waals surface area (Å²) in [6.07, 6.45) is 1.04. The van der Waals surface area contributed by atoms with E-state index in [1.807, 2.05) is 18.7 Å². The fourth-order valence-corrected chi connectivity index (χ4v) is 3.30. The number of nitrogens with zero attached hydrogens (tertiary/aromatic N) is 2. The molecule has 2 rings (SSSR count). The third kappa shape index (κ3) is 4.91. The minimum absolute atomic E-state index is 0. The number of carbonyl (C=O) groups is 1. The molecule has 136 valence electrons. The van der Waals surface area contributed by atoms with E-state index in [0.29, 0.717) is 19.6 Å². The van der Waals surface area contributed by atoms with Gasteiger partial charge in [0.15, 0.2) is 0 Å². The Balaban J connectivity index is 0.00000288. The molecule has 6 heteroatoms. The summed E-state index contributed by atoms with van der Waals surface area (Å²) in [6.45, 7) is 9.65. The van der Waals surface area contributed by atoms with Crippen LogP contribution < -0.4 is 5.73 Å². The summed E-state index contributed by atoms with van der Waals surface area (Å²) in [7, 11) is 0. The molecule has 1 heterocycles. The standard InChI is InChI=1S/C18H28FN3O.ClH/c1-4-22(14(2)15-5-7-16(19)8-6-15)17(23)11-21-10-9-18(3,12-20)13-21;/h5-8,14H,4,9-13,20H2,1-3H3;1H. The van der Waals surface area contributed by atoms with Crippen LogP contribution >= 0.6 is 12.4 Å². The van der Waals surface area contributed by atoms with Gasteiger partial charge in [-0.3, -0.25) is 9.69 Å². The van der Waals surface area contributed by atoms with Crippen LogP contribution in [0.25, 0.3) is 0 Å². The van der Waals surface area contributed by atoms with Crippen molar-refractivity contribution in [2.45, 2.75) is 33.2 Å². The van der Waals surface area contributed by atoms with E-state index in [2.05, 4.69) is 11.8 Å². The van der Waals surface area contributed by atoms with Crippen molar-refractivity contribution in [3.05, 3.63) is 35.6 Å². The van der Waals surface area contributed by atoms with Crippen molar-refractivity contribution in [2.24, 2.45) is 11.1 Å². The molecule has 2 atom stereocenters. The number of likely N-dealkylation sites (tertiary alicyclic amines) is 1. The molecule has 0 aliphatic carbocycles. The van der Waals surface area contributed by atoms with Gasteiger partial charge in [0.1, 0.15) is 5.82 Å². The van der Waals surface area contributed by atoms with Crippen molar-refractivity contribution in [3.63, 3.8) is 0 Å². The van der Waals surface area contributed by atoms with Gasteiger partial charge in [-0.15, -0.1) is 12.4 Å². The van der Waals surface area contributed by atoms with E-state index >= 15 is 0 Å². The molecular weight excluding hydrogens is 329 g/mol. The number of rotatable bonds is 6. The molecule has 1 saturated heterocycles. The lowest BCUT2D eigenvalue weighted by Crippen LogP contribution is -2.41. The van der Waals surface area contributed by atoms with Crippen molar-refractivity contribution in [1.82, 2.24) is 9.80 Å². The van der Waals surface area contributed by atoms with Crippen molar-refractivity contribution in [2.75, 3.05) is 32.7 Å². The molecule has 2 N–H and O–H groups in total. The highest BCUT2D eigenvalue weighted by atomic mass is 35.5. The average Bonchev–Trinajstić information content (AvgIpc) is 2.90. The van der Waals surface area contributed by atoms with E-state index in [1.165, 1.54) is 12.1 Å². The molecule has 0 saturated carbocycles. The average molecular weight is 358 g/mol. The zero-order valence-corrected chi connectivity index (χ0v) is 15.6. The Morgan fingerprint density at radius 3 is 2.54 bits per heavy atom. The van der Waals surface area contributed by atoms with Crippen molar-refractivity contribution in [1.29, 1.82) is 0 Å². The molecule has 0 spiro atoms. The molecule has 1 aromatic rings. The molecule has 24 heavy (non-hydrogen) atoms. The summed E-state index contributed by atoms with van der Waals surface area (Å²) in [5.41, 5.74) is 6.91. The fraction of sp³-hybridized carbons (Fsp3) is 0.611. The second-order valence-electron chi connectivity index (χ2n) is 6.88. The minimum atomic E-state index is -0.256. The predicted molar refractivity (Wildman–Crippen MR) is 97.7 cm³/mol. The second kappa shape index (κ2) is 8.79. The number of hydrogen-bond acceptors (Lipinski definition) is 3. The van der Waals surface area contributed by atoms with Crippen molar-refractivity contribution >= 4 is 18.3 Å². The first-order valence-electron chi connectivity index (χ1n) is 8.36. The van der Waals surface area contributed by atoms with Gasteiger partial charge in [-0.05, 0) is 56.5 Å². The van der Waals surface area contributed by atoms with E-state index in [-0.39, 0.29) is 35.6 Å². The van der Waals surface area contributed by atoms with Gasteiger partial charge < -0.3 is 10.6 Å². The van der Waals surface area contributed by atoms with Crippen LogP contribution in [0, 0.1) is 11.2 Å². The molecule has 4 nitrogen and oxygen atoms in total. The Morgan fingerprint density at radius 2 is 2.04 bits per heavy atom. The molecule has 0 aromatic heterocycles. The third-order valence-corrected chi connectivity index (χ3v) is 4.97. The van der Waals surface area contributed by atoms with E-state index in [0.717, 1.165) is 25.1 Å². The quantitative estimate of drug-likeness (QED) is 0.851. The molecular formula is C18H29ClFN3O. The summed E-state index contributed by atoms with van der Waals surface area (Å²) in [4.78, 5) is 16.7. The molecule has 2 unspecified atom stereocenters. The summed E-state index contributed by atoms with van der Waals surface area (Å²) >= 11 is 0. The van der Waals surface area contributed by atoms with Crippen LogP contribution in [0.5, 0.6) is 0 Å². The van der Waals surface area contributed by atoms with Crippen LogP contribution in [0.2, 0.25) is 0 Å². The van der Waals surface area contributed by atoms with Crippen molar-refractivity contribution < 1.29 is 9.18 Å². The van der Waals surface area contributed by atoms with E-state index in [4.69, 9.17) is 5.73 Å². The topological polar surface area (TPSA) is 49.6 Å². The molecule has 1 amide bonds. The van der Waals surface area contributed by atoms with Crippen molar-refractivity contribution in [3.8, 4) is 0 Å². The Bertz CT molecular complexity index is 540. The maximum absolute atomic E-state index is 13.1. The maximum Gasteiger partial charge on any atom is 0.237 e. The first-order chi connectivity index (χ1) is 10.9. The first kappa shape index (κ1) is 20.9. The molecule has 0 bridgehead atoms. The monoisotopic (exact) mass is 357 g/mol. The first-order valence-corrected chi connectivity index (χ1v) is 8.36. The zero-order valence-electron chi connectivity index (χ0n) is 14.8. The lowest BCUT2D eigenvalue weighted by atomic mass is 9.90. The van der Waals surface area contributed by atoms with Crippen LogP contribution in [0.15, 0.2) is 24.3 Å². The molecule has 1 aliphatic rings. The fourth-order valence-electron chi connectivity index (χ4n) is 3.30. The summed E-state index contributed by atoms with van der Waals surface area (Å²) in [6, 6.07) is 6.32. The summed E-state index contributed by atoms with van der Waals surface area (Å²) in [5.74, 6) is -0.140. The Kier molecular flexibility index (Phi) is 7.64. The van der Waals surface area contributed by atoms with Gasteiger partial charge >= 0.3 is 0 Å². The lowest BCUT2D eigenvalue weighted by molar-refractivity contribution is -0.134. The third-order valence-electron chi connectivity index (χ3n) is 4.97. The number of carbonyl (C=O) groups excluding carboxylic acids is 1. The van der Waals surface area contributed by atoms with Gasteiger partial charge in [-0.25, -0.2) is 4.39 Å². The summed E-state index contributed by atoms with van der Waals surface area (Å²) < 4.78 is 13.1. The van der Waals surface area contributed by atoms with Gasteiger partial charge in [0.05, 0.1) is 12.6 Å². The van der Waals surface area contributed by atoms with Crippen LogP contribution in [0.3, 0.4) is 0 Å². The number of amides is 1. The molecule has 1 aromatic carbocycles. The van der Waals surface area contributed by atoms with Gasteiger partial charge in [-0.2, -0.15) is 0 Å². The largest absolute Gasteiger partial charge is 0.335 e. The van der Waals surface area contributed by atoms with E-state index in [9.17, 15) is 9.18 Å². The van der Waals surface area contributed by atoms with Crippen LogP contribution in [0.1, 0.15) is 38.8 Å². The van der Waals surface area contributed by atoms with Crippen LogP contribution in [-0.4, -0.2) is 48.4 Å². The van der Waals surface area contributed by atoms with Gasteiger partial charge in [-0.1, -0.05) is 19.1 Å². The zero-order chi connectivity index (χ0) is 17.0. The number of halogens is 2. The Hall–Kier alpha value is -1.17. The molecule has 0 radical (unpaired) electrons. The van der Waals surface area contributed by atoms with Gasteiger partial charge in [0, 0.05) is 13.1 Å². The number of nitrogens with two attached hydrogens (primary N) is 1. The minimum Gasteiger partial charge on any atom is -0.335 e. The van der Waals surface area contributed by atoms with E-state index < -0.39 is 0 Å². The van der Waals surface area contributed by atoms with E-state index in [1.54, 1.807) is 12.1 Å². The maximum atomic E-state index is 13.1. The smallest absolute Gasteiger partial charge is 0.237 e. The SMILES string of the molecule is CCN(C(=O)CN1CCC(C)(CN)C1)C(C)c1ccc(F)cc1.Cl. The highest BCUT2D eigenvalue weighted by Gasteiger charge is 2.34. The van der Waals surface area contributed by atoms with Crippen LogP contribution in [0.4, 0.5) is 4.39 Å². The molecule has 1 aliphatic heterocycles. The molecule has 1 fully saturated rings. The Labute approximate surface area is 150 Å². The highest BCUT2D eigenvalue weighted by molar-refractivity contribution is 5.85. The predicted octanol–water partition coefficient (Wildman–Crippen LogP) is 2.83.